The molecule has 10 heteroatoms. The monoisotopic (exact) mass is 517 g/mol. The van der Waals surface area contributed by atoms with Gasteiger partial charge in [-0.05, 0) is 62.7 Å². The molecule has 0 aliphatic carbocycles. The third-order valence-electron chi connectivity index (χ3n) is 5.62. The van der Waals surface area contributed by atoms with E-state index in [1.54, 1.807) is 24.3 Å². The molecule has 0 radical (unpaired) electrons. The van der Waals surface area contributed by atoms with Gasteiger partial charge in [0.25, 0.3) is 5.91 Å². The zero-order chi connectivity index (χ0) is 25.1. The van der Waals surface area contributed by atoms with E-state index in [-0.39, 0.29) is 17.7 Å². The molecular weight excluding hydrogens is 493 g/mol. The molecule has 0 spiro atoms. The minimum atomic E-state index is -0.758. The molecule has 184 valence electrons. The van der Waals surface area contributed by atoms with Gasteiger partial charge in [0.15, 0.2) is 11.5 Å². The summed E-state index contributed by atoms with van der Waals surface area (Å²) in [4.78, 5) is 25.9. The smallest absolute Gasteiger partial charge is 0.307 e. The Morgan fingerprint density at radius 1 is 1.20 bits per heavy atom. The van der Waals surface area contributed by atoms with Crippen LogP contribution in [-0.4, -0.2) is 46.2 Å². The Labute approximate surface area is 212 Å². The van der Waals surface area contributed by atoms with Crippen molar-refractivity contribution in [3.05, 3.63) is 63.8 Å². The van der Waals surface area contributed by atoms with Gasteiger partial charge in [-0.15, -0.1) is 0 Å². The van der Waals surface area contributed by atoms with Crippen molar-refractivity contribution in [3.63, 3.8) is 0 Å². The van der Waals surface area contributed by atoms with Crippen molar-refractivity contribution in [3.8, 4) is 17.1 Å². The summed E-state index contributed by atoms with van der Waals surface area (Å²) in [7, 11) is 0. The highest BCUT2D eigenvalue weighted by atomic mass is 35.5. The molecule has 1 fully saturated rings. The van der Waals surface area contributed by atoms with Crippen molar-refractivity contribution in [2.75, 3.05) is 18.4 Å². The fraction of sp³-hybridized carbons (Fsp3) is 0.320. The summed E-state index contributed by atoms with van der Waals surface area (Å²) < 4.78 is 11.0. The van der Waals surface area contributed by atoms with Crippen LogP contribution in [0.1, 0.15) is 36.3 Å². The van der Waals surface area contributed by atoms with Crippen molar-refractivity contribution in [2.24, 2.45) is 5.92 Å². The Kier molecular flexibility index (Phi) is 7.64. The van der Waals surface area contributed by atoms with Crippen LogP contribution in [0.4, 0.5) is 5.69 Å². The van der Waals surface area contributed by atoms with E-state index >= 15 is 0 Å². The first-order valence-electron chi connectivity index (χ1n) is 11.2. The number of likely N-dealkylation sites (tertiary alicyclic amines) is 1. The highest BCUT2D eigenvalue weighted by Crippen LogP contribution is 2.31. The number of hydrogen-bond donors (Lipinski definition) is 2. The van der Waals surface area contributed by atoms with Crippen molar-refractivity contribution in [2.45, 2.75) is 32.9 Å². The topological polar surface area (TPSA) is 105 Å². The second kappa shape index (κ2) is 10.7. The van der Waals surface area contributed by atoms with Crippen LogP contribution in [0.25, 0.3) is 11.3 Å². The maximum atomic E-state index is 12.7. The number of carbonyl (C=O) groups is 2. The van der Waals surface area contributed by atoms with Gasteiger partial charge in [0.05, 0.1) is 22.1 Å². The lowest BCUT2D eigenvalue weighted by Gasteiger charge is -2.15. The predicted molar refractivity (Wildman–Crippen MR) is 133 cm³/mol. The number of carboxylic acid groups (broad SMARTS) is 1. The lowest BCUT2D eigenvalue weighted by atomic mass is 10.1. The second-order valence-electron chi connectivity index (χ2n) is 8.72. The highest BCUT2D eigenvalue weighted by molar-refractivity contribution is 6.33. The van der Waals surface area contributed by atoms with Crippen molar-refractivity contribution >= 4 is 40.8 Å². The van der Waals surface area contributed by atoms with Crippen LogP contribution in [-0.2, 0) is 11.3 Å². The van der Waals surface area contributed by atoms with Gasteiger partial charge in [0.2, 0.25) is 0 Å². The Bertz CT molecular complexity index is 1240. The molecule has 8 nitrogen and oxygen atoms in total. The molecule has 35 heavy (non-hydrogen) atoms. The maximum absolute atomic E-state index is 12.7. The molecule has 1 aromatic heterocycles. The van der Waals surface area contributed by atoms with Crippen molar-refractivity contribution in [1.29, 1.82) is 0 Å². The standard InChI is InChI=1S/C25H25Cl2N3O5/c1-14(2)34-22-6-4-17(10-20(22)27)28-24(31)21-11-23(35-29-21)18-5-3-15(9-19(18)26)12-30-8-7-16(13-30)25(32)33/h3-6,9-11,14,16H,7-8,12-13H2,1-2H3,(H,28,31)(H,32,33). The largest absolute Gasteiger partial charge is 0.489 e. The molecule has 1 aliphatic heterocycles. The van der Waals surface area contributed by atoms with Crippen LogP contribution in [0.5, 0.6) is 5.75 Å². The summed E-state index contributed by atoms with van der Waals surface area (Å²) in [6.07, 6.45) is 0.624. The lowest BCUT2D eigenvalue weighted by Crippen LogP contribution is -2.22. The Balaban J connectivity index is 1.41. The zero-order valence-corrected chi connectivity index (χ0v) is 20.8. The Morgan fingerprint density at radius 3 is 2.66 bits per heavy atom. The lowest BCUT2D eigenvalue weighted by molar-refractivity contribution is -0.141. The van der Waals surface area contributed by atoms with Crippen LogP contribution >= 0.6 is 23.2 Å². The first-order chi connectivity index (χ1) is 16.7. The molecule has 3 aromatic rings. The minimum Gasteiger partial charge on any atom is -0.489 e. The number of nitrogens with zero attached hydrogens (tertiary/aromatic N) is 2. The summed E-state index contributed by atoms with van der Waals surface area (Å²) in [6.45, 7) is 5.66. The van der Waals surface area contributed by atoms with Crippen LogP contribution in [0.3, 0.4) is 0 Å². The van der Waals surface area contributed by atoms with E-state index < -0.39 is 11.9 Å². The molecule has 2 N–H and O–H groups in total. The van der Waals surface area contributed by atoms with Gasteiger partial charge in [0.1, 0.15) is 5.75 Å². The summed E-state index contributed by atoms with van der Waals surface area (Å²) in [6, 6.07) is 12.0. The number of hydrogen-bond acceptors (Lipinski definition) is 6. The predicted octanol–water partition coefficient (Wildman–Crippen LogP) is 5.59. The van der Waals surface area contributed by atoms with E-state index in [4.69, 9.17) is 32.5 Å². The molecule has 1 unspecified atom stereocenters. The van der Waals surface area contributed by atoms with E-state index in [1.165, 1.54) is 6.07 Å². The first-order valence-corrected chi connectivity index (χ1v) is 11.9. The number of benzene rings is 2. The fourth-order valence-corrected chi connectivity index (χ4v) is 4.45. The van der Waals surface area contributed by atoms with E-state index in [0.717, 1.165) is 12.1 Å². The Morgan fingerprint density at radius 2 is 2.00 bits per heavy atom. The minimum absolute atomic E-state index is 0.0214. The van der Waals surface area contributed by atoms with Gasteiger partial charge >= 0.3 is 5.97 Å². The summed E-state index contributed by atoms with van der Waals surface area (Å²) in [5, 5.41) is 16.6. The number of halogens is 2. The van der Waals surface area contributed by atoms with Gasteiger partial charge in [-0.25, -0.2) is 0 Å². The van der Waals surface area contributed by atoms with E-state index in [0.29, 0.717) is 52.3 Å². The van der Waals surface area contributed by atoms with Crippen LogP contribution in [0, 0.1) is 5.92 Å². The molecule has 2 aromatic carbocycles. The van der Waals surface area contributed by atoms with Crippen LogP contribution in [0.2, 0.25) is 10.0 Å². The van der Waals surface area contributed by atoms with Crippen LogP contribution < -0.4 is 10.1 Å². The van der Waals surface area contributed by atoms with E-state index in [2.05, 4.69) is 15.4 Å². The number of nitrogens with one attached hydrogen (secondary N) is 1. The van der Waals surface area contributed by atoms with Gasteiger partial charge < -0.3 is 19.7 Å². The quantitative estimate of drug-likeness (QED) is 0.400. The van der Waals surface area contributed by atoms with E-state index in [1.807, 2.05) is 26.0 Å². The van der Waals surface area contributed by atoms with Crippen molar-refractivity contribution < 1.29 is 24.0 Å². The summed E-state index contributed by atoms with van der Waals surface area (Å²) >= 11 is 12.7. The summed E-state index contributed by atoms with van der Waals surface area (Å²) in [5.41, 5.74) is 2.15. The van der Waals surface area contributed by atoms with Crippen molar-refractivity contribution in [1.82, 2.24) is 10.1 Å². The molecule has 4 rings (SSSR count). The van der Waals surface area contributed by atoms with Gasteiger partial charge in [-0.1, -0.05) is 34.4 Å². The molecule has 0 saturated carbocycles. The maximum Gasteiger partial charge on any atom is 0.307 e. The molecule has 1 atom stereocenters. The van der Waals surface area contributed by atoms with Crippen LogP contribution in [0.15, 0.2) is 47.0 Å². The highest BCUT2D eigenvalue weighted by Gasteiger charge is 2.28. The molecule has 0 bridgehead atoms. The number of rotatable bonds is 8. The molecule has 1 amide bonds. The molecule has 1 aliphatic rings. The first kappa shape index (κ1) is 25.0. The average Bonchev–Trinajstić information content (AvgIpc) is 3.46. The number of amides is 1. The number of aromatic nitrogens is 1. The number of ether oxygens (including phenoxy) is 1. The third-order valence-corrected chi connectivity index (χ3v) is 6.23. The van der Waals surface area contributed by atoms with Gasteiger partial charge in [-0.3, -0.25) is 14.5 Å². The van der Waals surface area contributed by atoms with E-state index in [9.17, 15) is 14.7 Å². The van der Waals surface area contributed by atoms with Gasteiger partial charge in [0, 0.05) is 30.4 Å². The second-order valence-corrected chi connectivity index (χ2v) is 9.53. The fourth-order valence-electron chi connectivity index (χ4n) is 3.93. The number of anilines is 1. The normalized spacial score (nSPS) is 16.0. The van der Waals surface area contributed by atoms with Gasteiger partial charge in [-0.2, -0.15) is 0 Å². The average molecular weight is 518 g/mol. The Hall–Kier alpha value is -3.07. The number of carboxylic acids is 1. The number of aliphatic carboxylic acids is 1. The summed E-state index contributed by atoms with van der Waals surface area (Å²) in [5.74, 6) is -0.647. The molecule has 1 saturated heterocycles. The SMILES string of the molecule is CC(C)Oc1ccc(NC(=O)c2cc(-c3ccc(CN4CCC(C(=O)O)C4)cc3Cl)on2)cc1Cl. The third kappa shape index (κ3) is 6.14. The number of carbonyl (C=O) groups excluding carboxylic acids is 1. The zero-order valence-electron chi connectivity index (χ0n) is 19.3. The molecular formula is C25H25Cl2N3O5. The molecule has 2 heterocycles.